The Hall–Kier alpha value is -3.45. The number of aromatic nitrogens is 3. The number of nitrogens with two attached hydrogens (primary N) is 1. The second-order valence-electron chi connectivity index (χ2n) is 15.0. The summed E-state index contributed by atoms with van der Waals surface area (Å²) >= 11 is 0. The molecule has 6 atom stereocenters. The van der Waals surface area contributed by atoms with E-state index in [2.05, 4.69) is 40.1 Å². The number of rotatable bonds is 30. The van der Waals surface area contributed by atoms with Crippen LogP contribution in [0.3, 0.4) is 0 Å². The molecule has 0 saturated carbocycles. The summed E-state index contributed by atoms with van der Waals surface area (Å²) in [5.74, 6) is 0.195. The summed E-state index contributed by atoms with van der Waals surface area (Å²) in [4.78, 5) is 18.6. The standard InChI is InChI=1S/C41H64N7O8P/c1-3-4-5-6-7-8-9-10-11-12-13-14-15-16-17-18-24-53-27-34(47-33-21-19-20-32(25-33)26-42)28-54-57(51,52)55-29-36-38(49)39(50)41(56-36,30-44-2)37-23-22-35-40(43)45-31-46-48(35)37/h19-23,25,31,34,36,38-39,47,49-50H,2-18,24,27-30H2,1H3,(H,51,52)(H2,43,45,46)/t34-,36-,38-,39-,41+/m1/s1. The summed E-state index contributed by atoms with van der Waals surface area (Å²) in [6.45, 7) is 5.45. The highest BCUT2D eigenvalue weighted by molar-refractivity contribution is 7.47. The lowest BCUT2D eigenvalue weighted by Gasteiger charge is -2.30. The van der Waals surface area contributed by atoms with Gasteiger partial charge in [-0.05, 0) is 43.5 Å². The van der Waals surface area contributed by atoms with Crippen LogP contribution < -0.4 is 11.1 Å². The fourth-order valence-corrected chi connectivity index (χ4v) is 8.08. The van der Waals surface area contributed by atoms with Crippen LogP contribution in [0.15, 0.2) is 47.7 Å². The molecule has 1 aliphatic rings. The highest BCUT2D eigenvalue weighted by Gasteiger charge is 2.57. The van der Waals surface area contributed by atoms with Gasteiger partial charge in [-0.1, -0.05) is 109 Å². The molecule has 1 fully saturated rings. The maximum absolute atomic E-state index is 13.1. The zero-order valence-corrected chi connectivity index (χ0v) is 34.4. The minimum Gasteiger partial charge on any atom is -0.387 e. The molecular weight excluding hydrogens is 749 g/mol. The Bertz CT molecular complexity index is 1720. The molecule has 316 valence electrons. The first kappa shape index (κ1) is 46.2. The van der Waals surface area contributed by atoms with E-state index >= 15 is 0 Å². The summed E-state index contributed by atoms with van der Waals surface area (Å²) in [5.41, 5.74) is 6.21. The zero-order chi connectivity index (χ0) is 40.9. The van der Waals surface area contributed by atoms with Gasteiger partial charge in [0.05, 0.1) is 49.7 Å². The fourth-order valence-electron chi connectivity index (χ4n) is 7.30. The van der Waals surface area contributed by atoms with Gasteiger partial charge in [0.25, 0.3) is 0 Å². The van der Waals surface area contributed by atoms with Crippen LogP contribution >= 0.6 is 7.82 Å². The number of ether oxygens (including phenoxy) is 2. The van der Waals surface area contributed by atoms with Gasteiger partial charge in [-0.25, -0.2) is 14.1 Å². The summed E-state index contributed by atoms with van der Waals surface area (Å²) in [5, 5.41) is 39.0. The molecule has 0 amide bonds. The quantitative estimate of drug-likeness (QED) is 0.0258. The first-order valence-corrected chi connectivity index (χ1v) is 22.1. The minimum atomic E-state index is -4.71. The Morgan fingerprint density at radius 1 is 1.00 bits per heavy atom. The fraction of sp³-hybridized carbons (Fsp3) is 0.659. The lowest BCUT2D eigenvalue weighted by atomic mass is 9.91. The van der Waals surface area contributed by atoms with Crippen molar-refractivity contribution in [2.24, 2.45) is 4.99 Å². The number of benzene rings is 1. The van der Waals surface area contributed by atoms with Gasteiger partial charge in [0.1, 0.15) is 30.2 Å². The third-order valence-electron chi connectivity index (χ3n) is 10.5. The predicted octanol–water partition coefficient (Wildman–Crippen LogP) is 7.09. The lowest BCUT2D eigenvalue weighted by Crippen LogP contribution is -2.44. The Morgan fingerprint density at radius 3 is 2.28 bits per heavy atom. The monoisotopic (exact) mass is 813 g/mol. The molecule has 6 N–H and O–H groups in total. The van der Waals surface area contributed by atoms with Crippen molar-refractivity contribution in [2.75, 3.05) is 44.0 Å². The van der Waals surface area contributed by atoms with Gasteiger partial charge in [-0.15, -0.1) is 0 Å². The van der Waals surface area contributed by atoms with Crippen molar-refractivity contribution < 1.29 is 38.2 Å². The number of aliphatic hydroxyl groups is 2. The Kier molecular flexibility index (Phi) is 19.8. The number of phosphoric ester groups is 1. The van der Waals surface area contributed by atoms with Crippen LogP contribution in [0.1, 0.15) is 121 Å². The third kappa shape index (κ3) is 14.4. The molecular formula is C41H64N7O8P. The molecule has 57 heavy (non-hydrogen) atoms. The first-order valence-electron chi connectivity index (χ1n) is 20.7. The molecule has 3 aromatic rings. The van der Waals surface area contributed by atoms with Crippen LogP contribution in [0.5, 0.6) is 0 Å². The van der Waals surface area contributed by atoms with Crippen molar-refractivity contribution >= 4 is 31.6 Å². The molecule has 4 rings (SSSR count). The van der Waals surface area contributed by atoms with Crippen molar-refractivity contribution in [3.8, 4) is 6.07 Å². The maximum Gasteiger partial charge on any atom is 0.472 e. The first-order chi connectivity index (χ1) is 27.6. The van der Waals surface area contributed by atoms with Gasteiger partial charge in [0.2, 0.25) is 0 Å². The second kappa shape index (κ2) is 24.5. The molecule has 1 aliphatic heterocycles. The molecule has 15 nitrogen and oxygen atoms in total. The number of nitriles is 1. The topological polar surface area (TPSA) is 219 Å². The predicted molar refractivity (Wildman–Crippen MR) is 221 cm³/mol. The highest BCUT2D eigenvalue weighted by atomic mass is 31.2. The number of aliphatic hydroxyl groups excluding tert-OH is 2. The van der Waals surface area contributed by atoms with Gasteiger partial charge >= 0.3 is 7.82 Å². The molecule has 1 aromatic carbocycles. The summed E-state index contributed by atoms with van der Waals surface area (Å²) in [7, 11) is -4.71. The zero-order valence-electron chi connectivity index (χ0n) is 33.6. The minimum absolute atomic E-state index is 0.169. The normalized spacial score (nSPS) is 21.0. The van der Waals surface area contributed by atoms with Crippen molar-refractivity contribution in [3.05, 3.63) is 54.0 Å². The number of nitrogens with zero attached hydrogens (tertiary/aromatic N) is 5. The molecule has 0 bridgehead atoms. The van der Waals surface area contributed by atoms with Crippen molar-refractivity contribution in [1.29, 1.82) is 5.26 Å². The molecule has 1 saturated heterocycles. The van der Waals surface area contributed by atoms with Gasteiger partial charge < -0.3 is 35.6 Å². The number of unbranched alkanes of at least 4 members (excludes halogenated alkanes) is 15. The van der Waals surface area contributed by atoms with Crippen LogP contribution in [-0.2, 0) is 28.7 Å². The number of nitrogens with one attached hydrogen (secondary N) is 1. The van der Waals surface area contributed by atoms with E-state index in [4.69, 9.17) is 24.3 Å². The van der Waals surface area contributed by atoms with Gasteiger partial charge in [-0.3, -0.25) is 14.0 Å². The number of hydrogen-bond donors (Lipinski definition) is 5. The van der Waals surface area contributed by atoms with Crippen molar-refractivity contribution in [2.45, 2.75) is 140 Å². The number of aliphatic imine (C=N–C) groups is 1. The molecule has 0 aliphatic carbocycles. The van der Waals surface area contributed by atoms with Crippen molar-refractivity contribution in [1.82, 2.24) is 14.6 Å². The largest absolute Gasteiger partial charge is 0.472 e. The molecule has 16 heteroatoms. The van der Waals surface area contributed by atoms with E-state index in [1.54, 1.807) is 36.4 Å². The number of fused-ring (bicyclic) bond motifs is 1. The second-order valence-corrected chi connectivity index (χ2v) is 16.4. The highest BCUT2D eigenvalue weighted by Crippen LogP contribution is 2.46. The molecule has 2 aromatic heterocycles. The van der Waals surface area contributed by atoms with E-state index in [0.717, 1.165) is 19.3 Å². The van der Waals surface area contributed by atoms with Crippen LogP contribution in [-0.4, -0.2) is 93.7 Å². The van der Waals surface area contributed by atoms with E-state index < -0.39 is 44.4 Å². The summed E-state index contributed by atoms with van der Waals surface area (Å²) in [6, 6.07) is 11.7. The van der Waals surface area contributed by atoms with Crippen LogP contribution in [0.25, 0.3) is 5.52 Å². The SMILES string of the molecule is C=NC[C@@]1(c2ccc3c(N)ncnn23)O[C@H](COP(=O)(O)OC[C@@H](COCCCCCCCCCCCCCCCCCC)Nc2cccc(C#N)c2)[C@@H](O)[C@H]1O. The molecule has 0 spiro atoms. The number of nitrogen functional groups attached to an aromatic ring is 1. The van der Waals surface area contributed by atoms with Crippen LogP contribution in [0, 0.1) is 11.3 Å². The smallest absolute Gasteiger partial charge is 0.387 e. The van der Waals surface area contributed by atoms with E-state index in [0.29, 0.717) is 29.1 Å². The average molecular weight is 814 g/mol. The van der Waals surface area contributed by atoms with Gasteiger partial charge in [-0.2, -0.15) is 10.4 Å². The summed E-state index contributed by atoms with van der Waals surface area (Å²) < 4.78 is 37.3. The van der Waals surface area contributed by atoms with Gasteiger partial charge in [0.15, 0.2) is 11.4 Å². The van der Waals surface area contributed by atoms with Gasteiger partial charge in [0, 0.05) is 12.3 Å². The van der Waals surface area contributed by atoms with Crippen molar-refractivity contribution in [3.63, 3.8) is 0 Å². The number of hydrogen-bond acceptors (Lipinski definition) is 13. The maximum atomic E-state index is 13.1. The Labute approximate surface area is 337 Å². The molecule has 0 radical (unpaired) electrons. The third-order valence-corrected chi connectivity index (χ3v) is 11.4. The number of phosphoric acid groups is 1. The number of anilines is 2. The molecule has 3 heterocycles. The molecule has 1 unspecified atom stereocenters. The summed E-state index contributed by atoms with van der Waals surface area (Å²) in [6.07, 6.45) is 17.5. The van der Waals surface area contributed by atoms with Crippen LogP contribution in [0.4, 0.5) is 11.5 Å². The average Bonchev–Trinajstić information content (AvgIpc) is 3.75. The van der Waals surface area contributed by atoms with E-state index in [1.807, 2.05) is 0 Å². The Balaban J connectivity index is 1.20. The van der Waals surface area contributed by atoms with E-state index in [-0.39, 0.29) is 25.6 Å². The Morgan fingerprint density at radius 2 is 1.65 bits per heavy atom. The van der Waals surface area contributed by atoms with E-state index in [1.165, 1.54) is 94.3 Å². The lowest BCUT2D eigenvalue weighted by molar-refractivity contribution is -0.0943. The van der Waals surface area contributed by atoms with E-state index in [9.17, 15) is 24.9 Å². The van der Waals surface area contributed by atoms with Crippen LogP contribution in [0.2, 0.25) is 0 Å².